The van der Waals surface area contributed by atoms with E-state index in [1.807, 2.05) is 6.92 Å². The van der Waals surface area contributed by atoms with Gasteiger partial charge in [-0.2, -0.15) is 0 Å². The van der Waals surface area contributed by atoms with Gasteiger partial charge in [0.05, 0.1) is 6.10 Å². The molecule has 4 aliphatic carbocycles. The van der Waals surface area contributed by atoms with Gasteiger partial charge in [0.25, 0.3) is 0 Å². The number of hydrogen-bond acceptors (Lipinski definition) is 1. The Balaban J connectivity index is 1.60. The van der Waals surface area contributed by atoms with Gasteiger partial charge in [-0.05, 0) is 105 Å². The molecule has 1 nitrogen and oxygen atoms in total. The minimum absolute atomic E-state index is 0.157. The Morgan fingerprint density at radius 2 is 1.61 bits per heavy atom. The Morgan fingerprint density at radius 3 is 2.35 bits per heavy atom. The molecule has 2 heteroatoms. The van der Waals surface area contributed by atoms with Gasteiger partial charge in [-0.1, -0.05) is 13.8 Å². The van der Waals surface area contributed by atoms with E-state index in [2.05, 4.69) is 13.8 Å². The lowest BCUT2D eigenvalue weighted by molar-refractivity contribution is -0.126. The smallest absolute Gasteiger partial charge is 0.100 e. The molecular weight excluding hydrogens is 287 g/mol. The molecule has 4 fully saturated rings. The molecule has 9 atom stereocenters. The summed E-state index contributed by atoms with van der Waals surface area (Å²) in [4.78, 5) is 0. The van der Waals surface area contributed by atoms with E-state index in [1.165, 1.54) is 38.5 Å². The Labute approximate surface area is 141 Å². The quantitative estimate of drug-likeness (QED) is 0.688. The van der Waals surface area contributed by atoms with Gasteiger partial charge in [0.1, 0.15) is 6.17 Å². The van der Waals surface area contributed by atoms with Crippen LogP contribution in [-0.4, -0.2) is 17.4 Å². The third kappa shape index (κ3) is 2.26. The van der Waals surface area contributed by atoms with E-state index in [1.54, 1.807) is 0 Å². The molecule has 0 aromatic carbocycles. The second-order valence-corrected chi connectivity index (χ2v) is 10.00. The summed E-state index contributed by atoms with van der Waals surface area (Å²) in [5, 5.41) is 10.3. The first kappa shape index (κ1) is 16.4. The highest BCUT2D eigenvalue weighted by molar-refractivity contribution is 5.09. The van der Waals surface area contributed by atoms with E-state index >= 15 is 0 Å². The third-order valence-electron chi connectivity index (χ3n) is 9.26. The number of rotatable bonds is 1. The molecule has 0 amide bonds. The van der Waals surface area contributed by atoms with Gasteiger partial charge in [0.2, 0.25) is 0 Å². The van der Waals surface area contributed by atoms with Crippen LogP contribution in [0.1, 0.15) is 78.6 Å². The molecule has 0 saturated heterocycles. The van der Waals surface area contributed by atoms with Crippen molar-refractivity contribution in [2.24, 2.45) is 40.4 Å². The van der Waals surface area contributed by atoms with E-state index in [0.29, 0.717) is 22.7 Å². The monoisotopic (exact) mass is 322 g/mol. The molecule has 0 radical (unpaired) electrons. The SMILES string of the molecule is C[C@H](O)[C@H]1CC[C@H]2[C@@H]3CC[C@H]4C[C@@H](F)CC[C@]4(C)[C@H]3CC[C@]12C. The molecule has 0 bridgehead atoms. The van der Waals surface area contributed by atoms with Gasteiger partial charge in [-0.25, -0.2) is 4.39 Å². The molecule has 0 aliphatic heterocycles. The van der Waals surface area contributed by atoms with Crippen molar-refractivity contribution < 1.29 is 9.50 Å². The van der Waals surface area contributed by atoms with Crippen molar-refractivity contribution in [3.8, 4) is 0 Å². The number of aliphatic hydroxyl groups is 1. The molecule has 1 N–H and O–H groups in total. The van der Waals surface area contributed by atoms with Crippen molar-refractivity contribution in [2.45, 2.75) is 90.8 Å². The van der Waals surface area contributed by atoms with E-state index in [0.717, 1.165) is 37.0 Å². The molecule has 4 aliphatic rings. The largest absolute Gasteiger partial charge is 0.393 e. The highest BCUT2D eigenvalue weighted by Crippen LogP contribution is 2.67. The summed E-state index contributed by atoms with van der Waals surface area (Å²) in [6, 6.07) is 0. The average molecular weight is 323 g/mol. The van der Waals surface area contributed by atoms with E-state index < -0.39 is 6.17 Å². The van der Waals surface area contributed by atoms with Crippen molar-refractivity contribution in [1.29, 1.82) is 0 Å². The zero-order valence-corrected chi connectivity index (χ0v) is 15.2. The molecule has 132 valence electrons. The van der Waals surface area contributed by atoms with E-state index in [9.17, 15) is 9.50 Å². The standard InChI is InChI=1S/C21H35FO/c1-13(23)17-6-7-18-16-5-4-14-12-15(22)8-10-20(14,2)19(16)9-11-21(17,18)3/h13-19,23H,4-12H2,1-3H3/t13-,14-,15-,16-,17+,18-,19-,20-,21+/m0/s1. The van der Waals surface area contributed by atoms with Crippen molar-refractivity contribution >= 4 is 0 Å². The molecule has 0 unspecified atom stereocenters. The third-order valence-corrected chi connectivity index (χ3v) is 9.26. The minimum Gasteiger partial charge on any atom is -0.393 e. The summed E-state index contributed by atoms with van der Waals surface area (Å²) >= 11 is 0. The summed E-state index contributed by atoms with van der Waals surface area (Å²) < 4.78 is 13.9. The van der Waals surface area contributed by atoms with Gasteiger partial charge in [-0.15, -0.1) is 0 Å². The van der Waals surface area contributed by atoms with Crippen LogP contribution in [0.3, 0.4) is 0 Å². The topological polar surface area (TPSA) is 20.2 Å². The van der Waals surface area contributed by atoms with Crippen molar-refractivity contribution in [2.75, 3.05) is 0 Å². The summed E-state index contributed by atoms with van der Waals surface area (Å²) in [7, 11) is 0. The Morgan fingerprint density at radius 1 is 0.913 bits per heavy atom. The first-order valence-corrected chi connectivity index (χ1v) is 10.2. The first-order chi connectivity index (χ1) is 10.9. The van der Waals surface area contributed by atoms with Crippen LogP contribution >= 0.6 is 0 Å². The number of alkyl halides is 1. The Bertz CT molecular complexity index is 463. The van der Waals surface area contributed by atoms with Gasteiger partial charge in [0, 0.05) is 0 Å². The number of halogens is 1. The van der Waals surface area contributed by atoms with Crippen LogP contribution in [0, 0.1) is 40.4 Å². The van der Waals surface area contributed by atoms with Gasteiger partial charge in [0.15, 0.2) is 0 Å². The molecule has 0 heterocycles. The molecule has 4 saturated carbocycles. The minimum atomic E-state index is -0.537. The maximum atomic E-state index is 13.9. The predicted molar refractivity (Wildman–Crippen MR) is 91.8 cm³/mol. The van der Waals surface area contributed by atoms with E-state index in [4.69, 9.17) is 0 Å². The zero-order valence-electron chi connectivity index (χ0n) is 15.2. The maximum absolute atomic E-state index is 13.9. The number of fused-ring (bicyclic) bond motifs is 5. The summed E-state index contributed by atoms with van der Waals surface area (Å²) in [6.07, 6.45) is 9.78. The van der Waals surface area contributed by atoms with Gasteiger partial charge < -0.3 is 5.11 Å². The normalized spacial score (nSPS) is 57.3. The fraction of sp³-hybridized carbons (Fsp3) is 1.00. The molecule has 0 aromatic heterocycles. The van der Waals surface area contributed by atoms with Gasteiger partial charge >= 0.3 is 0 Å². The van der Waals surface area contributed by atoms with Crippen LogP contribution < -0.4 is 0 Å². The van der Waals surface area contributed by atoms with Crippen LogP contribution in [0.5, 0.6) is 0 Å². The van der Waals surface area contributed by atoms with Gasteiger partial charge in [-0.3, -0.25) is 0 Å². The van der Waals surface area contributed by atoms with E-state index in [-0.39, 0.29) is 6.10 Å². The molecular formula is C21H35FO. The summed E-state index contributed by atoms with van der Waals surface area (Å²) in [6.45, 7) is 6.99. The predicted octanol–water partition coefficient (Wildman–Crippen LogP) is 5.36. The number of aliphatic hydroxyl groups excluding tert-OH is 1. The van der Waals surface area contributed by atoms with Crippen molar-refractivity contribution in [3.63, 3.8) is 0 Å². The fourth-order valence-electron chi connectivity index (χ4n) is 8.04. The Hall–Kier alpha value is -0.110. The number of hydrogen-bond donors (Lipinski definition) is 1. The summed E-state index contributed by atoms with van der Waals surface area (Å²) in [5.41, 5.74) is 0.756. The average Bonchev–Trinajstić information content (AvgIpc) is 2.85. The van der Waals surface area contributed by atoms with Crippen LogP contribution in [0.2, 0.25) is 0 Å². The lowest BCUT2D eigenvalue weighted by Crippen LogP contribution is -2.54. The van der Waals surface area contributed by atoms with Crippen LogP contribution in [-0.2, 0) is 0 Å². The summed E-state index contributed by atoms with van der Waals surface area (Å²) in [5.74, 6) is 3.60. The molecule has 0 aromatic rings. The first-order valence-electron chi connectivity index (χ1n) is 10.2. The zero-order chi connectivity index (χ0) is 16.4. The highest BCUT2D eigenvalue weighted by Gasteiger charge is 2.60. The van der Waals surface area contributed by atoms with Crippen molar-refractivity contribution in [1.82, 2.24) is 0 Å². The second kappa shape index (κ2) is 5.44. The fourth-order valence-corrected chi connectivity index (χ4v) is 8.04. The lowest BCUT2D eigenvalue weighted by atomic mass is 9.44. The lowest BCUT2D eigenvalue weighted by Gasteiger charge is -2.61. The van der Waals surface area contributed by atoms with Crippen LogP contribution in [0.15, 0.2) is 0 Å². The maximum Gasteiger partial charge on any atom is 0.100 e. The second-order valence-electron chi connectivity index (χ2n) is 10.00. The Kier molecular flexibility index (Phi) is 3.87. The van der Waals surface area contributed by atoms with Crippen LogP contribution in [0.4, 0.5) is 4.39 Å². The van der Waals surface area contributed by atoms with Crippen LogP contribution in [0.25, 0.3) is 0 Å². The van der Waals surface area contributed by atoms with Crippen molar-refractivity contribution in [3.05, 3.63) is 0 Å². The molecule has 0 spiro atoms. The molecule has 23 heavy (non-hydrogen) atoms. The molecule has 4 rings (SSSR count). The highest BCUT2D eigenvalue weighted by atomic mass is 19.1.